The molecule has 2 rings (SSSR count). The average Bonchev–Trinajstić information content (AvgIpc) is 2.75. The van der Waals surface area contributed by atoms with Gasteiger partial charge in [0.25, 0.3) is 5.56 Å². The highest BCUT2D eigenvalue weighted by Gasteiger charge is 2.30. The smallest absolute Gasteiger partial charge is 0.252 e. The molecule has 0 aromatic carbocycles. The first-order chi connectivity index (χ1) is 8.11. The summed E-state index contributed by atoms with van der Waals surface area (Å²) in [6.07, 6.45) is 1.55. The number of aliphatic hydroxyl groups excluding tert-OH is 1. The van der Waals surface area contributed by atoms with Gasteiger partial charge in [-0.15, -0.1) is 0 Å². The second-order valence-electron chi connectivity index (χ2n) is 3.96. The van der Waals surface area contributed by atoms with Crippen LogP contribution in [-0.2, 0) is 4.79 Å². The third-order valence-corrected chi connectivity index (χ3v) is 2.83. The molecule has 17 heavy (non-hydrogen) atoms. The third-order valence-electron chi connectivity index (χ3n) is 2.83. The molecule has 0 radical (unpaired) electrons. The van der Waals surface area contributed by atoms with Gasteiger partial charge in [0.05, 0.1) is 11.7 Å². The number of nitrogen functional groups attached to an aromatic ring is 1. The van der Waals surface area contributed by atoms with Crippen molar-refractivity contribution in [3.05, 3.63) is 22.1 Å². The Labute approximate surface area is 97.3 Å². The van der Waals surface area contributed by atoms with E-state index >= 15 is 0 Å². The molecule has 4 N–H and O–H groups in total. The first-order valence-electron chi connectivity index (χ1n) is 5.39. The van der Waals surface area contributed by atoms with E-state index in [9.17, 15) is 9.59 Å². The van der Waals surface area contributed by atoms with Crippen molar-refractivity contribution in [2.75, 3.05) is 18.9 Å². The highest BCUT2D eigenvalue weighted by atomic mass is 16.3. The number of hydrogen-bond acceptors (Lipinski definition) is 5. The van der Waals surface area contributed by atoms with Crippen LogP contribution < -0.4 is 11.3 Å². The summed E-state index contributed by atoms with van der Waals surface area (Å²) in [5, 5.41) is 8.86. The lowest BCUT2D eigenvalue weighted by Crippen LogP contribution is -2.33. The van der Waals surface area contributed by atoms with Crippen molar-refractivity contribution in [2.45, 2.75) is 18.9 Å². The Morgan fingerprint density at radius 1 is 1.71 bits per heavy atom. The molecule has 92 valence electrons. The van der Waals surface area contributed by atoms with Gasteiger partial charge < -0.3 is 15.7 Å². The fraction of sp³-hybridized carbons (Fsp3) is 0.500. The highest BCUT2D eigenvalue weighted by molar-refractivity contribution is 5.77. The van der Waals surface area contributed by atoms with E-state index in [2.05, 4.69) is 9.97 Å². The summed E-state index contributed by atoms with van der Waals surface area (Å²) in [4.78, 5) is 30.7. The van der Waals surface area contributed by atoms with Gasteiger partial charge >= 0.3 is 0 Å². The SMILES string of the molecule is Nc1nc([C@H]2CCCN2C(=O)CO)cc(=O)[nH]1. The van der Waals surface area contributed by atoms with Crippen LogP contribution in [-0.4, -0.2) is 39.0 Å². The molecule has 1 fully saturated rings. The van der Waals surface area contributed by atoms with Crippen LogP contribution in [0.1, 0.15) is 24.6 Å². The summed E-state index contributed by atoms with van der Waals surface area (Å²) in [6.45, 7) is 0.0353. The van der Waals surface area contributed by atoms with Crippen LogP contribution in [0.2, 0.25) is 0 Å². The fourth-order valence-electron chi connectivity index (χ4n) is 2.13. The number of H-pyrrole nitrogens is 1. The Balaban J connectivity index is 2.32. The van der Waals surface area contributed by atoms with Gasteiger partial charge in [-0.1, -0.05) is 0 Å². The first-order valence-corrected chi connectivity index (χ1v) is 5.39. The normalized spacial score (nSPS) is 19.6. The number of rotatable bonds is 2. The second kappa shape index (κ2) is 4.54. The Morgan fingerprint density at radius 2 is 2.47 bits per heavy atom. The highest BCUT2D eigenvalue weighted by Crippen LogP contribution is 2.30. The van der Waals surface area contributed by atoms with Crippen LogP contribution >= 0.6 is 0 Å². The Kier molecular flexibility index (Phi) is 3.10. The minimum atomic E-state index is -0.533. The number of amides is 1. The maximum atomic E-state index is 11.5. The van der Waals surface area contributed by atoms with Gasteiger partial charge in [0.1, 0.15) is 6.61 Å². The maximum Gasteiger partial charge on any atom is 0.252 e. The molecular weight excluding hydrogens is 224 g/mol. The Morgan fingerprint density at radius 3 is 3.12 bits per heavy atom. The number of carbonyl (C=O) groups excluding carboxylic acids is 1. The number of nitrogens with two attached hydrogens (primary N) is 1. The number of anilines is 1. The lowest BCUT2D eigenvalue weighted by atomic mass is 10.1. The van der Waals surface area contributed by atoms with Crippen molar-refractivity contribution < 1.29 is 9.90 Å². The lowest BCUT2D eigenvalue weighted by Gasteiger charge is -2.23. The molecule has 2 heterocycles. The van der Waals surface area contributed by atoms with E-state index in [-0.39, 0.29) is 23.5 Å². The van der Waals surface area contributed by atoms with Crippen molar-refractivity contribution in [1.82, 2.24) is 14.9 Å². The number of aliphatic hydroxyl groups is 1. The zero-order valence-electron chi connectivity index (χ0n) is 9.22. The van der Waals surface area contributed by atoms with Crippen molar-refractivity contribution in [3.8, 4) is 0 Å². The molecule has 0 spiro atoms. The van der Waals surface area contributed by atoms with Crippen LogP contribution in [0.15, 0.2) is 10.9 Å². The van der Waals surface area contributed by atoms with Gasteiger partial charge in [0.2, 0.25) is 11.9 Å². The molecule has 1 aromatic rings. The minimum absolute atomic E-state index is 0.0378. The number of aromatic amines is 1. The van der Waals surface area contributed by atoms with Crippen molar-refractivity contribution in [2.24, 2.45) is 0 Å². The zero-order chi connectivity index (χ0) is 12.4. The van der Waals surface area contributed by atoms with Crippen LogP contribution in [0.5, 0.6) is 0 Å². The number of nitrogens with zero attached hydrogens (tertiary/aromatic N) is 2. The lowest BCUT2D eigenvalue weighted by molar-refractivity contribution is -0.135. The number of hydrogen-bond donors (Lipinski definition) is 3. The monoisotopic (exact) mass is 238 g/mol. The molecule has 1 atom stereocenters. The Bertz CT molecular complexity index is 485. The van der Waals surface area contributed by atoms with Gasteiger partial charge in [-0.3, -0.25) is 14.6 Å². The molecule has 0 unspecified atom stereocenters. The molecule has 7 heteroatoms. The summed E-state index contributed by atoms with van der Waals surface area (Å²) in [6, 6.07) is 1.07. The molecule has 1 saturated heterocycles. The summed E-state index contributed by atoms with van der Waals surface area (Å²) >= 11 is 0. The summed E-state index contributed by atoms with van der Waals surface area (Å²) < 4.78 is 0. The second-order valence-corrected chi connectivity index (χ2v) is 3.96. The van der Waals surface area contributed by atoms with Gasteiger partial charge in [0.15, 0.2) is 0 Å². The third kappa shape index (κ3) is 2.28. The average molecular weight is 238 g/mol. The van der Waals surface area contributed by atoms with Gasteiger partial charge in [0, 0.05) is 12.6 Å². The van der Waals surface area contributed by atoms with Crippen LogP contribution in [0.4, 0.5) is 5.95 Å². The Hall–Kier alpha value is -1.89. The van der Waals surface area contributed by atoms with Gasteiger partial charge in [-0.25, -0.2) is 4.98 Å². The topological polar surface area (TPSA) is 112 Å². The molecule has 1 amide bonds. The quantitative estimate of drug-likeness (QED) is 0.612. The molecule has 1 aromatic heterocycles. The van der Waals surface area contributed by atoms with Crippen molar-refractivity contribution in [1.29, 1.82) is 0 Å². The minimum Gasteiger partial charge on any atom is -0.387 e. The van der Waals surface area contributed by atoms with E-state index in [0.29, 0.717) is 12.2 Å². The van der Waals surface area contributed by atoms with E-state index in [0.717, 1.165) is 12.8 Å². The summed E-state index contributed by atoms with van der Waals surface area (Å²) in [5.74, 6) is -0.316. The summed E-state index contributed by atoms with van der Waals surface area (Å²) in [7, 11) is 0. The predicted octanol–water partition coefficient (Wildman–Crippen LogP) is -0.992. The zero-order valence-corrected chi connectivity index (χ0v) is 9.22. The van der Waals surface area contributed by atoms with Crippen LogP contribution in [0.25, 0.3) is 0 Å². The molecule has 0 aliphatic carbocycles. The fourth-order valence-corrected chi connectivity index (χ4v) is 2.13. The van der Waals surface area contributed by atoms with Gasteiger partial charge in [-0.2, -0.15) is 0 Å². The molecule has 1 aliphatic heterocycles. The molecule has 0 saturated carbocycles. The van der Waals surface area contributed by atoms with Crippen LogP contribution in [0, 0.1) is 0 Å². The molecule has 0 bridgehead atoms. The van der Waals surface area contributed by atoms with Crippen molar-refractivity contribution >= 4 is 11.9 Å². The van der Waals surface area contributed by atoms with E-state index in [1.54, 1.807) is 0 Å². The summed E-state index contributed by atoms with van der Waals surface area (Å²) in [5.41, 5.74) is 5.60. The van der Waals surface area contributed by atoms with E-state index in [4.69, 9.17) is 10.8 Å². The molecule has 1 aliphatic rings. The van der Waals surface area contributed by atoms with E-state index in [1.165, 1.54) is 11.0 Å². The number of nitrogens with one attached hydrogen (secondary N) is 1. The number of carbonyl (C=O) groups is 1. The number of aromatic nitrogens is 2. The number of likely N-dealkylation sites (tertiary alicyclic amines) is 1. The van der Waals surface area contributed by atoms with Crippen LogP contribution in [0.3, 0.4) is 0 Å². The standard InChI is InChI=1S/C10H14N4O3/c11-10-12-6(4-8(16)13-10)7-2-1-3-14(7)9(17)5-15/h4,7,15H,1-3,5H2,(H3,11,12,13,16)/t7-/m1/s1. The van der Waals surface area contributed by atoms with E-state index in [1.807, 2.05) is 0 Å². The maximum absolute atomic E-state index is 11.5. The van der Waals surface area contributed by atoms with Crippen molar-refractivity contribution in [3.63, 3.8) is 0 Å². The molecular formula is C10H14N4O3. The van der Waals surface area contributed by atoms with Gasteiger partial charge in [-0.05, 0) is 12.8 Å². The molecule has 7 nitrogen and oxygen atoms in total. The van der Waals surface area contributed by atoms with E-state index < -0.39 is 6.61 Å². The predicted molar refractivity (Wildman–Crippen MR) is 60.0 cm³/mol. The largest absolute Gasteiger partial charge is 0.387 e. The first kappa shape index (κ1) is 11.6.